The third-order valence-corrected chi connectivity index (χ3v) is 9.41. The number of carbonyl (C=O) groups excluding carboxylic acids is 2. The molecule has 0 heterocycles. The van der Waals surface area contributed by atoms with Gasteiger partial charge in [0, 0.05) is 19.4 Å². The van der Waals surface area contributed by atoms with Crippen LogP contribution in [0.4, 0.5) is 0 Å². The Morgan fingerprint density at radius 2 is 1.05 bits per heavy atom. The SMILES string of the molecule is C=CCCCCCCCCCCCCCCCC(=O)OC[C@H](COP(=O)(O)OCCN)OC(=O)CC/C=C/C/C=C/C/C=C/C/C=C/C/C=C/C/C=C/CC. The number of rotatable bonds is 39. The first-order valence-electron chi connectivity index (χ1n) is 21.0. The number of esters is 2. The minimum absolute atomic E-state index is 0.0374. The second-order valence-electron chi connectivity index (χ2n) is 13.6. The van der Waals surface area contributed by atoms with Crippen molar-refractivity contribution in [1.82, 2.24) is 0 Å². The molecule has 0 spiro atoms. The highest BCUT2D eigenvalue weighted by atomic mass is 31.2. The summed E-state index contributed by atoms with van der Waals surface area (Å²) >= 11 is 0. The van der Waals surface area contributed by atoms with Crippen molar-refractivity contribution in [2.24, 2.45) is 5.73 Å². The molecule has 0 aliphatic rings. The van der Waals surface area contributed by atoms with Crippen LogP contribution >= 0.6 is 7.82 Å². The monoisotopic (exact) mass is 790 g/mol. The van der Waals surface area contributed by atoms with E-state index in [2.05, 4.69) is 74.3 Å². The van der Waals surface area contributed by atoms with Crippen molar-refractivity contribution in [1.29, 1.82) is 0 Å². The molecule has 0 aromatic rings. The summed E-state index contributed by atoms with van der Waals surface area (Å²) in [4.78, 5) is 34.8. The lowest BCUT2D eigenvalue weighted by Crippen LogP contribution is -2.29. The van der Waals surface area contributed by atoms with E-state index in [4.69, 9.17) is 24.3 Å². The Balaban J connectivity index is 4.30. The fraction of sp³-hybridized carbons (Fsp3) is 0.644. The van der Waals surface area contributed by atoms with Crippen molar-refractivity contribution in [2.75, 3.05) is 26.4 Å². The number of unbranched alkanes of at least 4 members (excludes halogenated alkanes) is 13. The summed E-state index contributed by atoms with van der Waals surface area (Å²) in [6.07, 6.45) is 49.5. The maximum atomic E-state index is 12.5. The third-order valence-electron chi connectivity index (χ3n) is 8.42. The van der Waals surface area contributed by atoms with Gasteiger partial charge in [-0.15, -0.1) is 6.58 Å². The van der Waals surface area contributed by atoms with Gasteiger partial charge in [0.1, 0.15) is 6.61 Å². The third kappa shape index (κ3) is 40.7. The van der Waals surface area contributed by atoms with Crippen LogP contribution in [-0.4, -0.2) is 49.3 Å². The van der Waals surface area contributed by atoms with Gasteiger partial charge in [0.2, 0.25) is 0 Å². The van der Waals surface area contributed by atoms with Gasteiger partial charge >= 0.3 is 19.8 Å². The quantitative estimate of drug-likeness (QED) is 0.0270. The lowest BCUT2D eigenvalue weighted by molar-refractivity contribution is -0.161. The van der Waals surface area contributed by atoms with Crippen LogP contribution in [0.2, 0.25) is 0 Å². The molecular formula is C45H76NO8P. The van der Waals surface area contributed by atoms with Crippen LogP contribution in [0.5, 0.6) is 0 Å². The minimum Gasteiger partial charge on any atom is -0.462 e. The molecule has 0 amide bonds. The minimum atomic E-state index is -4.40. The van der Waals surface area contributed by atoms with E-state index in [1.165, 1.54) is 57.8 Å². The number of nitrogens with two attached hydrogens (primary N) is 1. The summed E-state index contributed by atoms with van der Waals surface area (Å²) in [6.45, 7) is 5.03. The molecule has 10 heteroatoms. The van der Waals surface area contributed by atoms with Gasteiger partial charge in [0.05, 0.1) is 13.2 Å². The number of ether oxygens (including phenoxy) is 2. The predicted octanol–water partition coefficient (Wildman–Crippen LogP) is 12.0. The molecule has 0 fully saturated rings. The molecule has 314 valence electrons. The Hall–Kier alpha value is -2.81. The predicted molar refractivity (Wildman–Crippen MR) is 229 cm³/mol. The van der Waals surface area contributed by atoms with Crippen molar-refractivity contribution >= 4 is 19.8 Å². The van der Waals surface area contributed by atoms with Gasteiger partial charge < -0.3 is 20.1 Å². The highest BCUT2D eigenvalue weighted by Gasteiger charge is 2.25. The smallest absolute Gasteiger partial charge is 0.462 e. The summed E-state index contributed by atoms with van der Waals surface area (Å²) in [5.41, 5.74) is 5.34. The summed E-state index contributed by atoms with van der Waals surface area (Å²) in [5.74, 6) is -0.936. The number of carbonyl (C=O) groups is 2. The van der Waals surface area contributed by atoms with E-state index >= 15 is 0 Å². The topological polar surface area (TPSA) is 134 Å². The maximum absolute atomic E-state index is 12.5. The van der Waals surface area contributed by atoms with E-state index < -0.39 is 32.5 Å². The molecule has 0 bridgehead atoms. The average molecular weight is 790 g/mol. The molecule has 9 nitrogen and oxygen atoms in total. The van der Waals surface area contributed by atoms with Crippen LogP contribution in [0.25, 0.3) is 0 Å². The highest BCUT2D eigenvalue weighted by Crippen LogP contribution is 2.43. The molecule has 0 rings (SSSR count). The van der Waals surface area contributed by atoms with Crippen molar-refractivity contribution in [2.45, 2.75) is 161 Å². The Morgan fingerprint density at radius 1 is 0.600 bits per heavy atom. The molecule has 1 unspecified atom stereocenters. The van der Waals surface area contributed by atoms with Gasteiger partial charge in [-0.3, -0.25) is 18.6 Å². The molecule has 0 aliphatic heterocycles. The molecule has 0 radical (unpaired) electrons. The van der Waals surface area contributed by atoms with E-state index in [1.807, 2.05) is 18.2 Å². The highest BCUT2D eigenvalue weighted by molar-refractivity contribution is 7.47. The Labute approximate surface area is 334 Å². The zero-order valence-corrected chi connectivity index (χ0v) is 35.1. The first kappa shape index (κ1) is 52.2. The number of phosphoric acid groups is 1. The summed E-state index contributed by atoms with van der Waals surface area (Å²) in [5, 5.41) is 0. The molecule has 0 aromatic carbocycles. The van der Waals surface area contributed by atoms with Gasteiger partial charge in [0.15, 0.2) is 6.10 Å². The lowest BCUT2D eigenvalue weighted by Gasteiger charge is -2.19. The zero-order valence-electron chi connectivity index (χ0n) is 34.2. The molecular weight excluding hydrogens is 713 g/mol. The number of phosphoric ester groups is 1. The van der Waals surface area contributed by atoms with E-state index in [-0.39, 0.29) is 32.6 Å². The number of hydrogen-bond acceptors (Lipinski definition) is 8. The van der Waals surface area contributed by atoms with Crippen molar-refractivity contribution < 1.29 is 37.6 Å². The van der Waals surface area contributed by atoms with Gasteiger partial charge in [0.25, 0.3) is 0 Å². The van der Waals surface area contributed by atoms with Crippen LogP contribution in [-0.2, 0) is 32.7 Å². The molecule has 0 aromatic heterocycles. The number of hydrogen-bond donors (Lipinski definition) is 2. The zero-order chi connectivity index (χ0) is 40.3. The summed E-state index contributed by atoms with van der Waals surface area (Å²) < 4.78 is 32.7. The first-order chi connectivity index (χ1) is 26.8. The standard InChI is InChI=1S/C45H76NO8P/c1-3-5-7-9-11-13-15-17-19-20-21-22-24-26-28-30-32-34-36-38-45(48)54-43(42-53-55(49,50)52-40-39-46)41-51-44(47)37-35-33-31-29-27-25-23-18-16-14-12-10-8-6-4-2/h4-5,7,11,13,17,19,21-22,26,28,32,34,43H,2-3,6,8-10,12,14-16,18,20,23-25,27,29-31,33,35-42,46H2,1H3,(H,49,50)/b7-5+,13-11+,19-17+,22-21+,28-26+,34-32+/t43-/m1/s1. The first-order valence-corrected chi connectivity index (χ1v) is 22.5. The van der Waals surface area contributed by atoms with E-state index in [9.17, 15) is 19.0 Å². The second-order valence-corrected chi connectivity index (χ2v) is 15.0. The number of allylic oxidation sites excluding steroid dienone is 13. The van der Waals surface area contributed by atoms with Crippen LogP contribution in [0.1, 0.15) is 155 Å². The summed E-state index contributed by atoms with van der Waals surface area (Å²) in [6, 6.07) is 0. The maximum Gasteiger partial charge on any atom is 0.472 e. The van der Waals surface area contributed by atoms with Gasteiger partial charge in [-0.05, 0) is 64.2 Å². The normalized spacial score (nSPS) is 13.9. The molecule has 2 atom stereocenters. The molecule has 0 saturated heterocycles. The Kier molecular flexibility index (Phi) is 38.8. The van der Waals surface area contributed by atoms with Crippen LogP contribution in [0, 0.1) is 0 Å². The van der Waals surface area contributed by atoms with E-state index in [1.54, 1.807) is 0 Å². The van der Waals surface area contributed by atoms with Crippen LogP contribution < -0.4 is 5.73 Å². The summed E-state index contributed by atoms with van der Waals surface area (Å²) in [7, 11) is -4.40. The largest absolute Gasteiger partial charge is 0.472 e. The Morgan fingerprint density at radius 3 is 1.53 bits per heavy atom. The molecule has 3 N–H and O–H groups in total. The van der Waals surface area contributed by atoms with E-state index in [0.717, 1.165) is 70.6 Å². The Bertz CT molecular complexity index is 1160. The molecule has 55 heavy (non-hydrogen) atoms. The van der Waals surface area contributed by atoms with Gasteiger partial charge in [-0.2, -0.15) is 0 Å². The second kappa shape index (κ2) is 40.8. The fourth-order valence-electron chi connectivity index (χ4n) is 5.35. The molecule has 0 saturated carbocycles. The van der Waals surface area contributed by atoms with Gasteiger partial charge in [-0.1, -0.05) is 157 Å². The van der Waals surface area contributed by atoms with E-state index in [0.29, 0.717) is 6.42 Å². The molecule has 0 aliphatic carbocycles. The van der Waals surface area contributed by atoms with Gasteiger partial charge in [-0.25, -0.2) is 4.57 Å². The van der Waals surface area contributed by atoms with Crippen LogP contribution in [0.3, 0.4) is 0 Å². The lowest BCUT2D eigenvalue weighted by atomic mass is 10.0. The van der Waals surface area contributed by atoms with Crippen molar-refractivity contribution in [3.05, 3.63) is 85.6 Å². The average Bonchev–Trinajstić information content (AvgIpc) is 3.17. The van der Waals surface area contributed by atoms with Crippen LogP contribution in [0.15, 0.2) is 85.6 Å². The van der Waals surface area contributed by atoms with Crippen molar-refractivity contribution in [3.63, 3.8) is 0 Å². The fourth-order valence-corrected chi connectivity index (χ4v) is 6.11. The van der Waals surface area contributed by atoms with Crippen molar-refractivity contribution in [3.8, 4) is 0 Å².